The van der Waals surface area contributed by atoms with Gasteiger partial charge in [0.15, 0.2) is 0 Å². The number of hydrogen-bond acceptors (Lipinski definition) is 2. The minimum absolute atomic E-state index is 0.216. The quantitative estimate of drug-likeness (QED) is 0.801. The second-order valence-electron chi connectivity index (χ2n) is 6.64. The van der Waals surface area contributed by atoms with Crippen molar-refractivity contribution in [3.05, 3.63) is 76.9 Å². The topological polar surface area (TPSA) is 49.3 Å². The summed E-state index contributed by atoms with van der Waals surface area (Å²) in [4.78, 5) is 11.1. The normalized spacial score (nSPS) is 24.1. The molecule has 0 amide bonds. The summed E-state index contributed by atoms with van der Waals surface area (Å²) in [5, 5.41) is 12.9. The number of anilines is 1. The molecule has 3 atom stereocenters. The summed E-state index contributed by atoms with van der Waals surface area (Å²) in [5.74, 6) is 0.0503. The lowest BCUT2D eigenvalue weighted by atomic mass is 9.76. The van der Waals surface area contributed by atoms with E-state index in [1.54, 1.807) is 12.1 Å². The second kappa shape index (κ2) is 5.82. The Morgan fingerprint density at radius 2 is 2.00 bits per heavy atom. The molecule has 2 aromatic carbocycles. The number of allylic oxidation sites excluding steroid dienone is 2. The molecule has 24 heavy (non-hydrogen) atoms. The maximum atomic E-state index is 11.1. The highest BCUT2D eigenvalue weighted by molar-refractivity contribution is 5.87. The first-order valence-corrected chi connectivity index (χ1v) is 8.57. The van der Waals surface area contributed by atoms with Gasteiger partial charge < -0.3 is 10.4 Å². The van der Waals surface area contributed by atoms with Crippen molar-refractivity contribution < 1.29 is 9.90 Å². The minimum Gasteiger partial charge on any atom is -0.478 e. The second-order valence-corrected chi connectivity index (χ2v) is 6.64. The van der Waals surface area contributed by atoms with Crippen molar-refractivity contribution in [3.8, 4) is 0 Å². The first kappa shape index (κ1) is 15.0. The fourth-order valence-electron chi connectivity index (χ4n) is 4.14. The number of aryl methyl sites for hydroxylation is 1. The lowest BCUT2D eigenvalue weighted by Crippen LogP contribution is -2.29. The van der Waals surface area contributed by atoms with E-state index in [4.69, 9.17) is 5.11 Å². The van der Waals surface area contributed by atoms with Crippen molar-refractivity contribution in [2.75, 3.05) is 5.32 Å². The van der Waals surface area contributed by atoms with Crippen LogP contribution in [0.4, 0.5) is 5.69 Å². The zero-order chi connectivity index (χ0) is 16.7. The summed E-state index contributed by atoms with van der Waals surface area (Å²) in [6.07, 6.45) is 6.67. The highest BCUT2D eigenvalue weighted by atomic mass is 16.4. The van der Waals surface area contributed by atoms with Crippen molar-refractivity contribution in [3.63, 3.8) is 0 Å². The molecule has 0 saturated carbocycles. The molecule has 2 N–H and O–H groups in total. The molecular formula is C21H21NO2. The van der Waals surface area contributed by atoms with Crippen LogP contribution in [0.5, 0.6) is 0 Å². The van der Waals surface area contributed by atoms with Gasteiger partial charge >= 0.3 is 5.97 Å². The van der Waals surface area contributed by atoms with Gasteiger partial charge in [-0.15, -0.1) is 0 Å². The first-order valence-electron chi connectivity index (χ1n) is 8.57. The number of para-hydroxylation sites is 1. The molecule has 0 fully saturated rings. The van der Waals surface area contributed by atoms with Gasteiger partial charge in [0.05, 0.1) is 11.6 Å². The van der Waals surface area contributed by atoms with Gasteiger partial charge in [-0.25, -0.2) is 4.79 Å². The van der Waals surface area contributed by atoms with Gasteiger partial charge in [0.1, 0.15) is 0 Å². The summed E-state index contributed by atoms with van der Waals surface area (Å²) in [6, 6.07) is 14.1. The number of nitrogens with one attached hydrogen (secondary N) is 1. The SMILES string of the molecule is CCc1cccc2c1N[C@H](c1ccc(C(=O)O)cc1)[C@H]1CC=C[C@@H]21. The summed E-state index contributed by atoms with van der Waals surface area (Å²) >= 11 is 0. The van der Waals surface area contributed by atoms with Crippen LogP contribution >= 0.6 is 0 Å². The van der Waals surface area contributed by atoms with Gasteiger partial charge in [-0.3, -0.25) is 0 Å². The third-order valence-corrected chi connectivity index (χ3v) is 5.38. The smallest absolute Gasteiger partial charge is 0.335 e. The van der Waals surface area contributed by atoms with Crippen LogP contribution in [-0.2, 0) is 6.42 Å². The maximum absolute atomic E-state index is 11.1. The summed E-state index contributed by atoms with van der Waals surface area (Å²) in [6.45, 7) is 2.19. The molecule has 0 spiro atoms. The van der Waals surface area contributed by atoms with E-state index in [1.807, 2.05) is 12.1 Å². The average Bonchev–Trinajstić information content (AvgIpc) is 3.10. The van der Waals surface area contributed by atoms with E-state index >= 15 is 0 Å². The number of fused-ring (bicyclic) bond motifs is 3. The zero-order valence-corrected chi connectivity index (χ0v) is 13.7. The molecule has 0 unspecified atom stereocenters. The lowest BCUT2D eigenvalue weighted by molar-refractivity contribution is 0.0697. The van der Waals surface area contributed by atoms with Crippen molar-refractivity contribution in [1.29, 1.82) is 0 Å². The van der Waals surface area contributed by atoms with E-state index in [-0.39, 0.29) is 6.04 Å². The number of carbonyl (C=O) groups is 1. The van der Waals surface area contributed by atoms with Crippen molar-refractivity contribution >= 4 is 11.7 Å². The van der Waals surface area contributed by atoms with Crippen LogP contribution in [-0.4, -0.2) is 11.1 Å². The lowest BCUT2D eigenvalue weighted by Gasteiger charge is -2.38. The van der Waals surface area contributed by atoms with Gasteiger partial charge in [0.25, 0.3) is 0 Å². The highest BCUT2D eigenvalue weighted by Crippen LogP contribution is 2.50. The van der Waals surface area contributed by atoms with E-state index < -0.39 is 5.97 Å². The van der Waals surface area contributed by atoms with Crippen molar-refractivity contribution in [2.24, 2.45) is 5.92 Å². The molecule has 3 heteroatoms. The third-order valence-electron chi connectivity index (χ3n) is 5.38. The molecule has 3 nitrogen and oxygen atoms in total. The van der Waals surface area contributed by atoms with E-state index in [2.05, 4.69) is 42.6 Å². The van der Waals surface area contributed by atoms with Crippen LogP contribution in [0.25, 0.3) is 0 Å². The highest BCUT2D eigenvalue weighted by Gasteiger charge is 2.38. The molecule has 0 radical (unpaired) electrons. The van der Waals surface area contributed by atoms with E-state index in [0.29, 0.717) is 17.4 Å². The molecule has 0 saturated heterocycles. The molecule has 0 bridgehead atoms. The Bertz CT molecular complexity index is 807. The number of carboxylic acid groups (broad SMARTS) is 1. The molecular weight excluding hydrogens is 298 g/mol. The monoisotopic (exact) mass is 319 g/mol. The number of benzene rings is 2. The van der Waals surface area contributed by atoms with Crippen LogP contribution in [0.1, 0.15) is 52.4 Å². The predicted molar refractivity (Wildman–Crippen MR) is 95.6 cm³/mol. The minimum atomic E-state index is -0.878. The van der Waals surface area contributed by atoms with Crippen LogP contribution < -0.4 is 5.32 Å². The molecule has 1 aliphatic carbocycles. The Hall–Kier alpha value is -2.55. The van der Waals surface area contributed by atoms with Crippen LogP contribution in [0.3, 0.4) is 0 Å². The fraction of sp³-hybridized carbons (Fsp3) is 0.286. The Kier molecular flexibility index (Phi) is 3.64. The summed E-state index contributed by atoms with van der Waals surface area (Å²) in [7, 11) is 0. The van der Waals surface area contributed by atoms with Gasteiger partial charge in [-0.05, 0) is 47.6 Å². The third kappa shape index (κ3) is 2.32. The van der Waals surface area contributed by atoms with E-state index in [0.717, 1.165) is 18.4 Å². The number of carboxylic acids is 1. The van der Waals surface area contributed by atoms with E-state index in [9.17, 15) is 4.79 Å². The van der Waals surface area contributed by atoms with Gasteiger partial charge in [0, 0.05) is 11.6 Å². The predicted octanol–water partition coefficient (Wildman–Crippen LogP) is 4.77. The van der Waals surface area contributed by atoms with Gasteiger partial charge in [0.2, 0.25) is 0 Å². The maximum Gasteiger partial charge on any atom is 0.335 e. The number of aromatic carboxylic acids is 1. The van der Waals surface area contributed by atoms with Crippen molar-refractivity contribution in [2.45, 2.75) is 31.7 Å². The summed E-state index contributed by atoms with van der Waals surface area (Å²) < 4.78 is 0. The van der Waals surface area contributed by atoms with Crippen LogP contribution in [0.2, 0.25) is 0 Å². The molecule has 2 aromatic rings. The summed E-state index contributed by atoms with van der Waals surface area (Å²) in [5.41, 5.74) is 5.51. The Morgan fingerprint density at radius 3 is 2.71 bits per heavy atom. The standard InChI is InChI=1S/C21H21NO2/c1-2-13-5-3-7-17-16-6-4-8-18(16)20(22-19(13)17)14-9-11-15(12-10-14)21(23)24/h3-7,9-12,16,18,20,22H,2,8H2,1H3,(H,23,24)/t16-,18-,20+/m0/s1. The largest absolute Gasteiger partial charge is 0.478 e. The molecule has 2 aliphatic rings. The number of hydrogen-bond donors (Lipinski definition) is 2. The van der Waals surface area contributed by atoms with Crippen LogP contribution in [0, 0.1) is 5.92 Å². The van der Waals surface area contributed by atoms with Gasteiger partial charge in [-0.1, -0.05) is 49.4 Å². The average molecular weight is 319 g/mol. The van der Waals surface area contributed by atoms with Crippen molar-refractivity contribution in [1.82, 2.24) is 0 Å². The molecule has 4 rings (SSSR count). The molecule has 122 valence electrons. The van der Waals surface area contributed by atoms with Gasteiger partial charge in [-0.2, -0.15) is 0 Å². The Balaban J connectivity index is 1.76. The Labute approximate surface area is 142 Å². The van der Waals surface area contributed by atoms with Crippen LogP contribution in [0.15, 0.2) is 54.6 Å². The molecule has 1 aliphatic heterocycles. The Morgan fingerprint density at radius 1 is 1.21 bits per heavy atom. The first-order chi connectivity index (χ1) is 11.7. The van der Waals surface area contributed by atoms with E-state index in [1.165, 1.54) is 16.8 Å². The number of rotatable bonds is 3. The molecule has 0 aromatic heterocycles. The molecule has 1 heterocycles. The zero-order valence-electron chi connectivity index (χ0n) is 13.7. The fourth-order valence-corrected chi connectivity index (χ4v) is 4.14.